The third-order valence-electron chi connectivity index (χ3n) is 3.67. The molecule has 2 N–H and O–H groups in total. The maximum atomic E-state index is 12.2. The maximum Gasteiger partial charge on any atom is 0.253 e. The molecule has 0 spiro atoms. The van der Waals surface area contributed by atoms with Crippen molar-refractivity contribution in [1.82, 2.24) is 5.32 Å². The quantitative estimate of drug-likeness (QED) is 0.608. The number of hydrogen-bond donors (Lipinski definition) is 2. The minimum Gasteiger partial charge on any atom is -0.494 e. The summed E-state index contributed by atoms with van der Waals surface area (Å²) in [5, 5.41) is 6.17. The molecule has 0 fully saturated rings. The van der Waals surface area contributed by atoms with Gasteiger partial charge in [0, 0.05) is 25.1 Å². The molecule has 2 rings (SSSR count). The molecule has 0 bridgehead atoms. The van der Waals surface area contributed by atoms with E-state index >= 15 is 0 Å². The Bertz CT molecular complexity index is 750. The van der Waals surface area contributed by atoms with Crippen LogP contribution in [0.5, 0.6) is 5.75 Å². The van der Waals surface area contributed by atoms with Gasteiger partial charge in [-0.15, -0.1) is 0 Å². The summed E-state index contributed by atoms with van der Waals surface area (Å²) in [6.45, 7) is 1.24. The molecule has 2 aromatic carbocycles. The van der Waals surface area contributed by atoms with Crippen LogP contribution in [-0.2, 0) is 9.53 Å². The largest absolute Gasteiger partial charge is 0.494 e. The van der Waals surface area contributed by atoms with Crippen molar-refractivity contribution in [3.63, 3.8) is 0 Å². The van der Waals surface area contributed by atoms with E-state index in [0.29, 0.717) is 48.2 Å². The lowest BCUT2D eigenvalue weighted by molar-refractivity contribution is -0.116. The van der Waals surface area contributed by atoms with Crippen molar-refractivity contribution in [2.45, 2.75) is 12.8 Å². The first-order valence-corrected chi connectivity index (χ1v) is 9.02. The van der Waals surface area contributed by atoms with Crippen molar-refractivity contribution in [1.29, 1.82) is 0 Å². The summed E-state index contributed by atoms with van der Waals surface area (Å²) in [5.41, 5.74) is 0.899. The molecule has 0 unspecified atom stereocenters. The highest BCUT2D eigenvalue weighted by Gasteiger charge is 2.12. The van der Waals surface area contributed by atoms with Crippen LogP contribution in [0, 0.1) is 0 Å². The first-order valence-electron chi connectivity index (χ1n) is 8.64. The topological polar surface area (TPSA) is 76.7 Å². The molecule has 0 atom stereocenters. The van der Waals surface area contributed by atoms with Crippen molar-refractivity contribution < 1.29 is 19.1 Å². The number of amides is 2. The van der Waals surface area contributed by atoms with Crippen LogP contribution in [0.4, 0.5) is 5.69 Å². The van der Waals surface area contributed by atoms with Crippen molar-refractivity contribution in [3.05, 3.63) is 59.1 Å². The Morgan fingerprint density at radius 3 is 2.52 bits per heavy atom. The third kappa shape index (κ3) is 7.29. The van der Waals surface area contributed by atoms with Crippen molar-refractivity contribution in [2.24, 2.45) is 0 Å². The van der Waals surface area contributed by atoms with Gasteiger partial charge in [-0.1, -0.05) is 23.7 Å². The highest BCUT2D eigenvalue weighted by atomic mass is 35.5. The lowest BCUT2D eigenvalue weighted by Crippen LogP contribution is -2.28. The zero-order valence-corrected chi connectivity index (χ0v) is 15.9. The fraction of sp³-hybridized carbons (Fsp3) is 0.300. The Morgan fingerprint density at radius 2 is 1.78 bits per heavy atom. The van der Waals surface area contributed by atoms with Gasteiger partial charge in [-0.05, 0) is 42.8 Å². The van der Waals surface area contributed by atoms with Crippen LogP contribution in [0.2, 0.25) is 5.02 Å². The molecule has 0 aliphatic rings. The second-order valence-electron chi connectivity index (χ2n) is 5.75. The van der Waals surface area contributed by atoms with E-state index in [0.717, 1.165) is 0 Å². The van der Waals surface area contributed by atoms with E-state index in [2.05, 4.69) is 10.6 Å². The van der Waals surface area contributed by atoms with Crippen molar-refractivity contribution in [2.75, 3.05) is 32.2 Å². The normalized spacial score (nSPS) is 10.3. The van der Waals surface area contributed by atoms with Gasteiger partial charge in [-0.2, -0.15) is 0 Å². The number of carbonyl (C=O) groups is 2. The molecule has 2 aromatic rings. The molecule has 6 nitrogen and oxygen atoms in total. The molecule has 0 aliphatic heterocycles. The van der Waals surface area contributed by atoms with E-state index in [1.165, 1.54) is 0 Å². The Hall–Kier alpha value is -2.57. The minimum absolute atomic E-state index is 0.174. The summed E-state index contributed by atoms with van der Waals surface area (Å²) in [6.07, 6.45) is 0.837. The first kappa shape index (κ1) is 20.7. The van der Waals surface area contributed by atoms with Gasteiger partial charge in [0.1, 0.15) is 5.75 Å². The van der Waals surface area contributed by atoms with Crippen LogP contribution >= 0.6 is 11.6 Å². The van der Waals surface area contributed by atoms with Crippen LogP contribution < -0.4 is 15.4 Å². The number of hydrogen-bond acceptors (Lipinski definition) is 4. The van der Waals surface area contributed by atoms with Crippen LogP contribution in [0.15, 0.2) is 48.5 Å². The molecule has 0 aliphatic carbocycles. The zero-order valence-electron chi connectivity index (χ0n) is 15.2. The Kier molecular flexibility index (Phi) is 8.61. The van der Waals surface area contributed by atoms with Gasteiger partial charge in [0.05, 0.1) is 24.5 Å². The number of nitrogens with one attached hydrogen (secondary N) is 2. The summed E-state index contributed by atoms with van der Waals surface area (Å²) < 4.78 is 10.5. The number of anilines is 1. The highest BCUT2D eigenvalue weighted by Crippen LogP contribution is 2.17. The van der Waals surface area contributed by atoms with Crippen molar-refractivity contribution >= 4 is 29.1 Å². The third-order valence-corrected chi connectivity index (χ3v) is 3.92. The predicted octanol–water partition coefficient (Wildman–Crippen LogP) is 3.51. The Balaban J connectivity index is 1.79. The second kappa shape index (κ2) is 11.2. The molecule has 0 aromatic heterocycles. The fourth-order valence-corrected chi connectivity index (χ4v) is 2.44. The fourth-order valence-electron chi connectivity index (χ4n) is 2.32. The Labute approximate surface area is 163 Å². The van der Waals surface area contributed by atoms with E-state index in [-0.39, 0.29) is 18.2 Å². The van der Waals surface area contributed by atoms with Crippen LogP contribution in [0.3, 0.4) is 0 Å². The molecule has 0 saturated carbocycles. The number of halogens is 1. The number of ether oxygens (including phenoxy) is 2. The number of benzene rings is 2. The summed E-state index contributed by atoms with van der Waals surface area (Å²) >= 11 is 5.82. The maximum absolute atomic E-state index is 12.2. The molecule has 0 saturated heterocycles. The SMILES string of the molecule is COCCNC(=O)c1ccccc1NC(=O)CCCOc1ccc(Cl)cc1. The van der Waals surface area contributed by atoms with Gasteiger partial charge in [-0.25, -0.2) is 0 Å². The van der Waals surface area contributed by atoms with Crippen molar-refractivity contribution in [3.8, 4) is 5.75 Å². The van der Waals surface area contributed by atoms with Crippen LogP contribution in [0.1, 0.15) is 23.2 Å². The van der Waals surface area contributed by atoms with Gasteiger partial charge in [0.25, 0.3) is 5.91 Å². The smallest absolute Gasteiger partial charge is 0.253 e. The second-order valence-corrected chi connectivity index (χ2v) is 6.18. The van der Waals surface area contributed by atoms with Gasteiger partial charge in [0.2, 0.25) is 5.91 Å². The molecule has 2 amide bonds. The molecule has 7 heteroatoms. The molecule has 27 heavy (non-hydrogen) atoms. The van der Waals surface area contributed by atoms with E-state index in [1.54, 1.807) is 55.6 Å². The summed E-state index contributed by atoms with van der Waals surface area (Å²) in [5.74, 6) is 0.277. The van der Waals surface area contributed by atoms with E-state index < -0.39 is 0 Å². The number of methoxy groups -OCH3 is 1. The van der Waals surface area contributed by atoms with E-state index in [1.807, 2.05) is 0 Å². The van der Waals surface area contributed by atoms with Gasteiger partial charge in [0.15, 0.2) is 0 Å². The summed E-state index contributed by atoms with van der Waals surface area (Å²) in [4.78, 5) is 24.4. The number of rotatable bonds is 10. The first-order chi connectivity index (χ1) is 13.1. The van der Waals surface area contributed by atoms with Gasteiger partial charge >= 0.3 is 0 Å². The summed E-state index contributed by atoms with van der Waals surface area (Å²) in [6, 6.07) is 13.9. The number of carbonyl (C=O) groups excluding carboxylic acids is 2. The van der Waals surface area contributed by atoms with E-state index in [9.17, 15) is 9.59 Å². The van der Waals surface area contributed by atoms with Crippen LogP contribution in [-0.4, -0.2) is 38.7 Å². The average Bonchev–Trinajstić information content (AvgIpc) is 2.67. The molecular formula is C20H23ClN2O4. The molecular weight excluding hydrogens is 368 g/mol. The minimum atomic E-state index is -0.256. The average molecular weight is 391 g/mol. The number of para-hydroxylation sites is 1. The zero-order chi connectivity index (χ0) is 19.5. The molecule has 0 radical (unpaired) electrons. The molecule has 144 valence electrons. The predicted molar refractivity (Wildman–Crippen MR) is 105 cm³/mol. The highest BCUT2D eigenvalue weighted by molar-refractivity contribution is 6.30. The lowest BCUT2D eigenvalue weighted by Gasteiger charge is -2.11. The van der Waals surface area contributed by atoms with Gasteiger partial charge < -0.3 is 20.1 Å². The van der Waals surface area contributed by atoms with E-state index in [4.69, 9.17) is 21.1 Å². The summed E-state index contributed by atoms with van der Waals surface area (Å²) in [7, 11) is 1.57. The standard InChI is InChI=1S/C20H23ClN2O4/c1-26-14-12-22-20(25)17-5-2-3-6-18(17)23-19(24)7-4-13-27-16-10-8-15(21)9-11-16/h2-3,5-6,8-11H,4,7,12-14H2,1H3,(H,22,25)(H,23,24). The molecule has 0 heterocycles. The lowest BCUT2D eigenvalue weighted by atomic mass is 10.1. The monoisotopic (exact) mass is 390 g/mol. The van der Waals surface area contributed by atoms with Crippen LogP contribution in [0.25, 0.3) is 0 Å². The van der Waals surface area contributed by atoms with Gasteiger partial charge in [-0.3, -0.25) is 9.59 Å². The Morgan fingerprint density at radius 1 is 1.04 bits per heavy atom.